The van der Waals surface area contributed by atoms with E-state index in [1.807, 2.05) is 31.4 Å². The van der Waals surface area contributed by atoms with Crippen molar-refractivity contribution in [2.24, 2.45) is 11.8 Å². The van der Waals surface area contributed by atoms with E-state index in [4.69, 9.17) is 0 Å². The van der Waals surface area contributed by atoms with Crippen LogP contribution in [0.15, 0.2) is 103 Å². The molecule has 0 spiro atoms. The van der Waals surface area contributed by atoms with Gasteiger partial charge in [0.05, 0.1) is 6.04 Å². The minimum atomic E-state index is -2.94. The summed E-state index contributed by atoms with van der Waals surface area (Å²) < 4.78 is 27.4. The summed E-state index contributed by atoms with van der Waals surface area (Å²) in [6, 6.07) is 10.6. The van der Waals surface area contributed by atoms with Crippen LogP contribution in [-0.4, -0.2) is 43.0 Å². The Labute approximate surface area is 222 Å². The Kier molecular flexibility index (Phi) is 10.9. The Bertz CT molecular complexity index is 993. The molecule has 2 heterocycles. The highest BCUT2D eigenvalue weighted by molar-refractivity contribution is 5.35. The van der Waals surface area contributed by atoms with E-state index in [0.29, 0.717) is 5.92 Å². The number of nitrogens with zero attached hydrogens (tertiary/aromatic N) is 1. The average Bonchev–Trinajstić information content (AvgIpc) is 3.18. The molecule has 0 saturated carbocycles. The van der Waals surface area contributed by atoms with Crippen LogP contribution < -0.4 is 10.6 Å². The van der Waals surface area contributed by atoms with Gasteiger partial charge >= 0.3 is 0 Å². The predicted octanol–water partition coefficient (Wildman–Crippen LogP) is 6.81. The average molecular weight is 508 g/mol. The highest BCUT2D eigenvalue weighted by Crippen LogP contribution is 2.27. The number of aryl methyl sites for hydroxylation is 1. The van der Waals surface area contributed by atoms with Crippen molar-refractivity contribution >= 4 is 0 Å². The van der Waals surface area contributed by atoms with Crippen molar-refractivity contribution in [2.45, 2.75) is 51.5 Å². The fourth-order valence-electron chi connectivity index (χ4n) is 4.97. The molecule has 0 aromatic heterocycles. The molecule has 2 atom stereocenters. The molecule has 1 fully saturated rings. The molecule has 200 valence electrons. The van der Waals surface area contributed by atoms with E-state index in [9.17, 15) is 8.78 Å². The number of piperidine rings is 1. The Morgan fingerprint density at radius 2 is 1.89 bits per heavy atom. The van der Waals surface area contributed by atoms with Crippen molar-refractivity contribution in [1.82, 2.24) is 15.5 Å². The molecule has 2 unspecified atom stereocenters. The van der Waals surface area contributed by atoms with Crippen LogP contribution in [0.3, 0.4) is 0 Å². The minimum Gasteiger partial charge on any atom is -0.390 e. The molecular formula is C32H43F2N3. The summed E-state index contributed by atoms with van der Waals surface area (Å²) in [7, 11) is 0. The number of likely N-dealkylation sites (tertiary alicyclic amines) is 1. The van der Waals surface area contributed by atoms with E-state index in [1.54, 1.807) is 6.08 Å². The number of hydrogen-bond acceptors (Lipinski definition) is 3. The van der Waals surface area contributed by atoms with Gasteiger partial charge in [-0.05, 0) is 75.7 Å². The van der Waals surface area contributed by atoms with Crippen LogP contribution in [0.4, 0.5) is 8.78 Å². The molecule has 1 saturated heterocycles. The van der Waals surface area contributed by atoms with Crippen LogP contribution in [0, 0.1) is 11.8 Å². The van der Waals surface area contributed by atoms with E-state index in [2.05, 4.69) is 65.1 Å². The fraction of sp³-hybridized carbons (Fsp3) is 0.438. The van der Waals surface area contributed by atoms with Gasteiger partial charge in [0.2, 0.25) is 0 Å². The van der Waals surface area contributed by atoms with E-state index < -0.39 is 5.92 Å². The molecule has 1 aromatic carbocycles. The molecule has 5 heteroatoms. The number of alkyl halides is 2. The topological polar surface area (TPSA) is 27.3 Å². The van der Waals surface area contributed by atoms with Crippen molar-refractivity contribution in [3.8, 4) is 0 Å². The number of hydrogen-bond donors (Lipinski definition) is 2. The third-order valence-electron chi connectivity index (χ3n) is 7.40. The van der Waals surface area contributed by atoms with Gasteiger partial charge < -0.3 is 15.5 Å². The lowest BCUT2D eigenvalue weighted by Gasteiger charge is -2.36. The van der Waals surface area contributed by atoms with Crippen LogP contribution in [0.2, 0.25) is 0 Å². The third-order valence-corrected chi connectivity index (χ3v) is 7.40. The molecule has 2 aliphatic heterocycles. The second-order valence-electron chi connectivity index (χ2n) is 10.2. The molecule has 2 aliphatic rings. The van der Waals surface area contributed by atoms with Gasteiger partial charge in [-0.1, -0.05) is 73.9 Å². The van der Waals surface area contributed by atoms with Gasteiger partial charge in [-0.3, -0.25) is 0 Å². The predicted molar refractivity (Wildman–Crippen MR) is 152 cm³/mol. The molecule has 1 aromatic rings. The highest BCUT2D eigenvalue weighted by atomic mass is 19.3. The third kappa shape index (κ3) is 9.15. The number of halogens is 2. The van der Waals surface area contributed by atoms with E-state index in [0.717, 1.165) is 63.6 Å². The lowest BCUT2D eigenvalue weighted by molar-refractivity contribution is 0.0680. The maximum Gasteiger partial charge on any atom is 0.269 e. The number of nitrogens with one attached hydrogen (secondary N) is 2. The molecule has 37 heavy (non-hydrogen) atoms. The summed E-state index contributed by atoms with van der Waals surface area (Å²) in [5, 5.41) is 7.04. The van der Waals surface area contributed by atoms with E-state index in [1.165, 1.54) is 18.1 Å². The Balaban J connectivity index is 1.59. The van der Waals surface area contributed by atoms with Gasteiger partial charge in [0.15, 0.2) is 0 Å². The number of allylic oxidation sites excluding steroid dienone is 6. The Morgan fingerprint density at radius 3 is 2.57 bits per heavy atom. The second-order valence-corrected chi connectivity index (χ2v) is 10.2. The number of rotatable bonds is 12. The zero-order valence-electron chi connectivity index (χ0n) is 22.4. The minimum absolute atomic E-state index is 0.0837. The lowest BCUT2D eigenvalue weighted by atomic mass is 9.88. The maximum absolute atomic E-state index is 13.7. The highest BCUT2D eigenvalue weighted by Gasteiger charge is 2.28. The standard InChI is InChI=1S/C32H43F2N3/c1-5-28(17-16-25(2)32(4,33)34)31(30-15-9-10-20-35-24-30)36-26(3)29-18-22-37(23-19-29)21-11-14-27-12-7-6-8-13-27/h5-10,12-13,15-17,20,29-31,35-36H,2-3,11,14,18-19,21-24H2,1,4H3/b17-16-,28-5+. The number of benzene rings is 1. The van der Waals surface area contributed by atoms with Gasteiger partial charge in [0.1, 0.15) is 0 Å². The van der Waals surface area contributed by atoms with E-state index >= 15 is 0 Å². The molecule has 0 amide bonds. The molecular weight excluding hydrogens is 464 g/mol. The monoisotopic (exact) mass is 507 g/mol. The molecule has 3 rings (SSSR count). The van der Waals surface area contributed by atoms with Crippen molar-refractivity contribution in [1.29, 1.82) is 0 Å². The van der Waals surface area contributed by atoms with Crippen molar-refractivity contribution < 1.29 is 8.78 Å². The molecule has 0 aliphatic carbocycles. The molecule has 3 nitrogen and oxygen atoms in total. The Hall–Kier alpha value is -2.92. The summed E-state index contributed by atoms with van der Waals surface area (Å²) in [6.45, 7) is 14.8. The lowest BCUT2D eigenvalue weighted by Crippen LogP contribution is -2.43. The normalized spacial score (nSPS) is 20.4. The van der Waals surface area contributed by atoms with Gasteiger partial charge in [0, 0.05) is 36.6 Å². The first-order valence-corrected chi connectivity index (χ1v) is 13.5. The summed E-state index contributed by atoms with van der Waals surface area (Å²) in [6.07, 6.45) is 17.7. The van der Waals surface area contributed by atoms with Crippen LogP contribution in [0.5, 0.6) is 0 Å². The zero-order chi connectivity index (χ0) is 26.7. The largest absolute Gasteiger partial charge is 0.390 e. The zero-order valence-corrected chi connectivity index (χ0v) is 22.4. The summed E-state index contributed by atoms with van der Waals surface area (Å²) in [4.78, 5) is 2.56. The molecule has 0 bridgehead atoms. The maximum atomic E-state index is 13.7. The van der Waals surface area contributed by atoms with Crippen LogP contribution >= 0.6 is 0 Å². The van der Waals surface area contributed by atoms with E-state index in [-0.39, 0.29) is 17.5 Å². The fourth-order valence-corrected chi connectivity index (χ4v) is 4.97. The Morgan fingerprint density at radius 1 is 1.16 bits per heavy atom. The van der Waals surface area contributed by atoms with Crippen LogP contribution in [0.25, 0.3) is 0 Å². The second kappa shape index (κ2) is 14.1. The van der Waals surface area contributed by atoms with Crippen molar-refractivity contribution in [3.63, 3.8) is 0 Å². The first-order valence-electron chi connectivity index (χ1n) is 13.5. The van der Waals surface area contributed by atoms with Crippen molar-refractivity contribution in [2.75, 3.05) is 26.2 Å². The molecule has 2 N–H and O–H groups in total. The first-order chi connectivity index (χ1) is 17.8. The van der Waals surface area contributed by atoms with Gasteiger partial charge in [-0.2, -0.15) is 0 Å². The summed E-state index contributed by atoms with van der Waals surface area (Å²) in [5.74, 6) is -2.41. The van der Waals surface area contributed by atoms with Crippen LogP contribution in [-0.2, 0) is 6.42 Å². The summed E-state index contributed by atoms with van der Waals surface area (Å²) >= 11 is 0. The molecule has 0 radical (unpaired) electrons. The SMILES string of the molecule is C=C(NC(C(/C=C\C(=C)C(C)(F)F)=C/C)C1C=CC=CNC1)C1CCN(CCCc2ccccc2)CC1. The van der Waals surface area contributed by atoms with Gasteiger partial charge in [-0.25, -0.2) is 8.78 Å². The smallest absolute Gasteiger partial charge is 0.269 e. The van der Waals surface area contributed by atoms with Gasteiger partial charge in [0.25, 0.3) is 5.92 Å². The van der Waals surface area contributed by atoms with Crippen LogP contribution in [0.1, 0.15) is 38.7 Å². The van der Waals surface area contributed by atoms with Crippen molar-refractivity contribution in [3.05, 3.63) is 109 Å². The summed E-state index contributed by atoms with van der Waals surface area (Å²) in [5.41, 5.74) is 3.19. The first kappa shape index (κ1) is 28.6. The van der Waals surface area contributed by atoms with Gasteiger partial charge in [-0.15, -0.1) is 0 Å². The quantitative estimate of drug-likeness (QED) is 0.305.